The van der Waals surface area contributed by atoms with Crippen LogP contribution in [0, 0.1) is 6.92 Å². The van der Waals surface area contributed by atoms with Gasteiger partial charge in [-0.2, -0.15) is 0 Å². The third kappa shape index (κ3) is 4.06. The summed E-state index contributed by atoms with van der Waals surface area (Å²) < 4.78 is 0. The molecule has 0 aliphatic carbocycles. The van der Waals surface area contributed by atoms with Crippen molar-refractivity contribution in [1.29, 1.82) is 0 Å². The number of likely N-dealkylation sites (tertiary alicyclic amines) is 1. The number of rotatable bonds is 5. The number of carbonyl (C=O) groups is 1. The summed E-state index contributed by atoms with van der Waals surface area (Å²) in [7, 11) is 0. The average Bonchev–Trinajstić information content (AvgIpc) is 2.92. The van der Waals surface area contributed by atoms with E-state index >= 15 is 0 Å². The van der Waals surface area contributed by atoms with Crippen molar-refractivity contribution < 1.29 is 4.79 Å². The van der Waals surface area contributed by atoms with Gasteiger partial charge in [0.2, 0.25) is 5.91 Å². The molecule has 1 aliphatic rings. The summed E-state index contributed by atoms with van der Waals surface area (Å²) in [6.45, 7) is 6.91. The fourth-order valence-corrected chi connectivity index (χ4v) is 2.58. The van der Waals surface area contributed by atoms with Gasteiger partial charge < -0.3 is 10.2 Å². The number of hydrogen-bond donors (Lipinski definition) is 1. The Bertz CT molecular complexity index is 425. The van der Waals surface area contributed by atoms with Crippen molar-refractivity contribution >= 4 is 5.91 Å². The van der Waals surface area contributed by atoms with E-state index in [0.717, 1.165) is 19.6 Å². The molecule has 1 aliphatic heterocycles. The number of hydrogen-bond acceptors (Lipinski definition) is 2. The van der Waals surface area contributed by atoms with Crippen LogP contribution in [-0.4, -0.2) is 30.4 Å². The molecule has 2 rings (SSSR count). The van der Waals surface area contributed by atoms with Gasteiger partial charge in [-0.1, -0.05) is 29.8 Å². The molecule has 1 amide bonds. The molecule has 1 heterocycles. The minimum Gasteiger partial charge on any atom is -0.343 e. The van der Waals surface area contributed by atoms with Crippen molar-refractivity contribution in [2.45, 2.75) is 39.2 Å². The van der Waals surface area contributed by atoms with Gasteiger partial charge in [-0.15, -0.1) is 0 Å². The van der Waals surface area contributed by atoms with Crippen molar-refractivity contribution in [2.75, 3.05) is 19.6 Å². The lowest BCUT2D eigenvalue weighted by Crippen LogP contribution is -2.31. The zero-order valence-electron chi connectivity index (χ0n) is 12.0. The van der Waals surface area contributed by atoms with Crippen LogP contribution in [0.3, 0.4) is 0 Å². The maximum absolute atomic E-state index is 11.9. The van der Waals surface area contributed by atoms with Crippen molar-refractivity contribution in [2.24, 2.45) is 0 Å². The first-order valence-corrected chi connectivity index (χ1v) is 7.24. The number of amides is 1. The van der Waals surface area contributed by atoms with Crippen LogP contribution >= 0.6 is 0 Å². The standard InChI is InChI=1S/C16H24N2O/c1-13-6-5-7-15(12-13)14(2)17-9-8-16(19)18-10-3-4-11-18/h5-7,12,14,17H,3-4,8-11H2,1-2H3. The van der Waals surface area contributed by atoms with Crippen LogP contribution in [0.4, 0.5) is 0 Å². The summed E-state index contributed by atoms with van der Waals surface area (Å²) in [6.07, 6.45) is 2.94. The maximum atomic E-state index is 11.9. The molecule has 1 atom stereocenters. The third-order valence-electron chi connectivity index (χ3n) is 3.79. The lowest BCUT2D eigenvalue weighted by Gasteiger charge is -2.18. The Hall–Kier alpha value is -1.35. The quantitative estimate of drug-likeness (QED) is 0.882. The van der Waals surface area contributed by atoms with E-state index in [0.29, 0.717) is 18.4 Å². The number of nitrogens with zero attached hydrogens (tertiary/aromatic N) is 1. The highest BCUT2D eigenvalue weighted by molar-refractivity contribution is 5.76. The predicted octanol–water partition coefficient (Wildman–Crippen LogP) is 2.66. The largest absolute Gasteiger partial charge is 0.343 e. The van der Waals surface area contributed by atoms with E-state index in [-0.39, 0.29) is 0 Å². The summed E-state index contributed by atoms with van der Waals surface area (Å²) in [5, 5.41) is 3.43. The smallest absolute Gasteiger partial charge is 0.223 e. The van der Waals surface area contributed by atoms with Gasteiger partial charge in [0, 0.05) is 32.1 Å². The fraction of sp³-hybridized carbons (Fsp3) is 0.562. The minimum atomic E-state index is 0.293. The summed E-state index contributed by atoms with van der Waals surface area (Å²) >= 11 is 0. The Balaban J connectivity index is 1.74. The highest BCUT2D eigenvalue weighted by Crippen LogP contribution is 2.14. The second kappa shape index (κ2) is 6.71. The second-order valence-electron chi connectivity index (χ2n) is 5.43. The first-order chi connectivity index (χ1) is 9.16. The van der Waals surface area contributed by atoms with E-state index in [2.05, 4.69) is 43.4 Å². The first-order valence-electron chi connectivity index (χ1n) is 7.24. The second-order valence-corrected chi connectivity index (χ2v) is 5.43. The molecule has 3 nitrogen and oxygen atoms in total. The van der Waals surface area contributed by atoms with Crippen LogP contribution in [-0.2, 0) is 4.79 Å². The molecule has 1 fully saturated rings. The molecule has 0 bridgehead atoms. The van der Waals surface area contributed by atoms with Crippen LogP contribution in [0.1, 0.15) is 43.4 Å². The maximum Gasteiger partial charge on any atom is 0.223 e. The van der Waals surface area contributed by atoms with Gasteiger partial charge in [0.15, 0.2) is 0 Å². The predicted molar refractivity (Wildman–Crippen MR) is 78.0 cm³/mol. The van der Waals surface area contributed by atoms with Crippen LogP contribution in [0.2, 0.25) is 0 Å². The van der Waals surface area contributed by atoms with Gasteiger partial charge >= 0.3 is 0 Å². The molecule has 3 heteroatoms. The first kappa shape index (κ1) is 14.1. The van der Waals surface area contributed by atoms with E-state index in [1.54, 1.807) is 0 Å². The third-order valence-corrected chi connectivity index (χ3v) is 3.79. The van der Waals surface area contributed by atoms with Crippen LogP contribution in [0.5, 0.6) is 0 Å². The Morgan fingerprint density at radius 2 is 2.11 bits per heavy atom. The van der Waals surface area contributed by atoms with Crippen LogP contribution in [0.15, 0.2) is 24.3 Å². The van der Waals surface area contributed by atoms with Gasteiger partial charge in [-0.05, 0) is 32.3 Å². The van der Waals surface area contributed by atoms with E-state index in [1.807, 2.05) is 4.90 Å². The van der Waals surface area contributed by atoms with Gasteiger partial charge in [-0.3, -0.25) is 4.79 Å². The van der Waals surface area contributed by atoms with Crippen LogP contribution in [0.25, 0.3) is 0 Å². The molecule has 1 aromatic rings. The van der Waals surface area contributed by atoms with Crippen molar-refractivity contribution in [1.82, 2.24) is 10.2 Å². The van der Waals surface area contributed by atoms with E-state index in [9.17, 15) is 4.79 Å². The minimum absolute atomic E-state index is 0.293. The zero-order chi connectivity index (χ0) is 13.7. The lowest BCUT2D eigenvalue weighted by molar-refractivity contribution is -0.130. The van der Waals surface area contributed by atoms with Gasteiger partial charge in [0.25, 0.3) is 0 Å². The topological polar surface area (TPSA) is 32.3 Å². The van der Waals surface area contributed by atoms with E-state index in [4.69, 9.17) is 0 Å². The molecule has 1 aromatic carbocycles. The van der Waals surface area contributed by atoms with Gasteiger partial charge in [0.05, 0.1) is 0 Å². The normalized spacial score (nSPS) is 16.6. The zero-order valence-corrected chi connectivity index (χ0v) is 12.0. The number of aryl methyl sites for hydroxylation is 1. The summed E-state index contributed by atoms with van der Waals surface area (Å²) in [5.74, 6) is 0.293. The van der Waals surface area contributed by atoms with Crippen molar-refractivity contribution in [3.8, 4) is 0 Å². The fourth-order valence-electron chi connectivity index (χ4n) is 2.58. The Kier molecular flexibility index (Phi) is 4.97. The summed E-state index contributed by atoms with van der Waals surface area (Å²) in [5.41, 5.74) is 2.56. The molecule has 1 saturated heterocycles. The van der Waals surface area contributed by atoms with Crippen LogP contribution < -0.4 is 5.32 Å². The molecular formula is C16H24N2O. The molecule has 19 heavy (non-hydrogen) atoms. The highest BCUT2D eigenvalue weighted by Gasteiger charge is 2.17. The van der Waals surface area contributed by atoms with Crippen molar-refractivity contribution in [3.05, 3.63) is 35.4 Å². The Morgan fingerprint density at radius 3 is 2.79 bits per heavy atom. The van der Waals surface area contributed by atoms with E-state index in [1.165, 1.54) is 24.0 Å². The number of nitrogens with one attached hydrogen (secondary N) is 1. The molecule has 0 radical (unpaired) electrons. The van der Waals surface area contributed by atoms with E-state index < -0.39 is 0 Å². The highest BCUT2D eigenvalue weighted by atomic mass is 16.2. The van der Waals surface area contributed by atoms with Gasteiger partial charge in [-0.25, -0.2) is 0 Å². The Labute approximate surface area is 116 Å². The van der Waals surface area contributed by atoms with Crippen molar-refractivity contribution in [3.63, 3.8) is 0 Å². The molecular weight excluding hydrogens is 236 g/mol. The lowest BCUT2D eigenvalue weighted by atomic mass is 10.1. The molecule has 0 aromatic heterocycles. The molecule has 0 saturated carbocycles. The summed E-state index contributed by atoms with van der Waals surface area (Å²) in [6, 6.07) is 8.81. The van der Waals surface area contributed by atoms with Gasteiger partial charge in [0.1, 0.15) is 0 Å². The monoisotopic (exact) mass is 260 g/mol. The molecule has 104 valence electrons. The number of carbonyl (C=O) groups excluding carboxylic acids is 1. The molecule has 0 spiro atoms. The number of benzene rings is 1. The summed E-state index contributed by atoms with van der Waals surface area (Å²) in [4.78, 5) is 13.9. The average molecular weight is 260 g/mol. The molecule has 1 unspecified atom stereocenters. The SMILES string of the molecule is Cc1cccc(C(C)NCCC(=O)N2CCCC2)c1. The molecule has 1 N–H and O–H groups in total. The Morgan fingerprint density at radius 1 is 1.37 bits per heavy atom.